The molecule has 6 heteroatoms. The minimum Gasteiger partial charge on any atom is -0.372 e. The van der Waals surface area contributed by atoms with E-state index < -0.39 is 0 Å². The van der Waals surface area contributed by atoms with Gasteiger partial charge in [0.15, 0.2) is 5.82 Å². The summed E-state index contributed by atoms with van der Waals surface area (Å²) >= 11 is 0. The van der Waals surface area contributed by atoms with Gasteiger partial charge in [-0.1, -0.05) is 18.2 Å². The summed E-state index contributed by atoms with van der Waals surface area (Å²) in [7, 11) is 0. The van der Waals surface area contributed by atoms with Gasteiger partial charge in [-0.25, -0.2) is 9.97 Å². The summed E-state index contributed by atoms with van der Waals surface area (Å²) in [6.45, 7) is 1.75. The minimum absolute atomic E-state index is 0.232. The maximum absolute atomic E-state index is 12.4. The van der Waals surface area contributed by atoms with Crippen molar-refractivity contribution in [2.75, 3.05) is 0 Å². The number of rotatable bonds is 4. The predicted molar refractivity (Wildman–Crippen MR) is 91.4 cm³/mol. The van der Waals surface area contributed by atoms with Crippen LogP contribution in [0.25, 0.3) is 11.4 Å². The molecule has 0 fully saturated rings. The summed E-state index contributed by atoms with van der Waals surface area (Å²) in [6, 6.07) is 11.4. The molecule has 3 heterocycles. The quantitative estimate of drug-likeness (QED) is 0.794. The lowest BCUT2D eigenvalue weighted by Crippen LogP contribution is -2.24. The molecule has 0 spiro atoms. The van der Waals surface area contributed by atoms with E-state index in [0.717, 1.165) is 11.1 Å². The number of nitrogens with one attached hydrogen (secondary N) is 1. The molecule has 6 nitrogen and oxygen atoms in total. The predicted octanol–water partition coefficient (Wildman–Crippen LogP) is 2.50. The highest BCUT2D eigenvalue weighted by Gasteiger charge is 2.13. The van der Waals surface area contributed by atoms with Crippen LogP contribution in [0.1, 0.15) is 27.2 Å². The molecule has 2 aromatic heterocycles. The van der Waals surface area contributed by atoms with Gasteiger partial charge in [0.2, 0.25) is 0 Å². The van der Waals surface area contributed by atoms with Crippen molar-refractivity contribution < 1.29 is 9.53 Å². The van der Waals surface area contributed by atoms with Gasteiger partial charge in [-0.15, -0.1) is 0 Å². The number of aromatic nitrogens is 3. The monoisotopic (exact) mass is 332 g/mol. The van der Waals surface area contributed by atoms with Crippen LogP contribution in [0.3, 0.4) is 0 Å². The molecule has 1 N–H and O–H groups in total. The summed E-state index contributed by atoms with van der Waals surface area (Å²) in [5.74, 6) is 0.250. The van der Waals surface area contributed by atoms with Crippen LogP contribution < -0.4 is 5.32 Å². The highest BCUT2D eigenvalue weighted by atomic mass is 16.5. The number of fused-ring (bicyclic) bond motifs is 1. The van der Waals surface area contributed by atoms with Gasteiger partial charge in [-0.3, -0.25) is 9.78 Å². The SMILES string of the molecule is O=C(NCc1ccc2c(c1)COC2)c1ccnc(-c2cccnc2)n1. The average Bonchev–Trinajstić information content (AvgIpc) is 3.15. The second kappa shape index (κ2) is 6.78. The maximum atomic E-state index is 12.4. The minimum atomic E-state index is -0.232. The van der Waals surface area contributed by atoms with Gasteiger partial charge >= 0.3 is 0 Å². The van der Waals surface area contributed by atoms with Crippen LogP contribution >= 0.6 is 0 Å². The zero-order chi connectivity index (χ0) is 17.1. The molecule has 0 saturated heterocycles. The Kier molecular flexibility index (Phi) is 4.18. The van der Waals surface area contributed by atoms with Crippen LogP contribution in [-0.2, 0) is 24.5 Å². The van der Waals surface area contributed by atoms with Crippen molar-refractivity contribution >= 4 is 5.91 Å². The number of amides is 1. The van der Waals surface area contributed by atoms with Crippen molar-refractivity contribution in [1.29, 1.82) is 0 Å². The number of hydrogen-bond acceptors (Lipinski definition) is 5. The van der Waals surface area contributed by atoms with Gasteiger partial charge in [-0.2, -0.15) is 0 Å². The number of carbonyl (C=O) groups excluding carboxylic acids is 1. The first-order chi connectivity index (χ1) is 12.3. The Morgan fingerprint density at radius 1 is 1.12 bits per heavy atom. The van der Waals surface area contributed by atoms with E-state index >= 15 is 0 Å². The fourth-order valence-corrected chi connectivity index (χ4v) is 2.73. The van der Waals surface area contributed by atoms with E-state index in [1.54, 1.807) is 24.7 Å². The van der Waals surface area contributed by atoms with E-state index in [4.69, 9.17) is 4.74 Å². The number of hydrogen-bond donors (Lipinski definition) is 1. The van der Waals surface area contributed by atoms with Crippen molar-refractivity contribution in [3.8, 4) is 11.4 Å². The molecule has 1 aliphatic heterocycles. The molecule has 1 aromatic carbocycles. The summed E-state index contributed by atoms with van der Waals surface area (Å²) < 4.78 is 5.41. The molecule has 0 saturated carbocycles. The molecule has 4 rings (SSSR count). The van der Waals surface area contributed by atoms with Gasteiger partial charge < -0.3 is 10.1 Å². The Morgan fingerprint density at radius 3 is 2.92 bits per heavy atom. The molecule has 1 amide bonds. The van der Waals surface area contributed by atoms with Crippen molar-refractivity contribution in [3.63, 3.8) is 0 Å². The second-order valence-corrected chi connectivity index (χ2v) is 5.79. The highest BCUT2D eigenvalue weighted by molar-refractivity contribution is 5.92. The van der Waals surface area contributed by atoms with Crippen LogP contribution in [0.5, 0.6) is 0 Å². The molecule has 1 aliphatic rings. The zero-order valence-electron chi connectivity index (χ0n) is 13.5. The Morgan fingerprint density at radius 2 is 2.04 bits per heavy atom. The van der Waals surface area contributed by atoms with Crippen LogP contribution in [-0.4, -0.2) is 20.9 Å². The van der Waals surface area contributed by atoms with E-state index in [9.17, 15) is 4.79 Å². The Hall–Kier alpha value is -3.12. The van der Waals surface area contributed by atoms with Crippen molar-refractivity contribution in [3.05, 3.63) is 77.4 Å². The molecule has 0 radical (unpaired) electrons. The number of ether oxygens (including phenoxy) is 1. The van der Waals surface area contributed by atoms with Gasteiger partial charge in [-0.05, 0) is 34.9 Å². The molecule has 0 bridgehead atoms. The maximum Gasteiger partial charge on any atom is 0.270 e. The lowest BCUT2D eigenvalue weighted by Gasteiger charge is -2.07. The van der Waals surface area contributed by atoms with Crippen molar-refractivity contribution in [2.24, 2.45) is 0 Å². The lowest BCUT2D eigenvalue weighted by atomic mass is 10.1. The van der Waals surface area contributed by atoms with Crippen LogP contribution in [0.4, 0.5) is 0 Å². The largest absolute Gasteiger partial charge is 0.372 e. The average molecular weight is 332 g/mol. The fourth-order valence-electron chi connectivity index (χ4n) is 2.73. The van der Waals surface area contributed by atoms with Gasteiger partial charge in [0, 0.05) is 30.7 Å². The first-order valence-electron chi connectivity index (χ1n) is 8.00. The lowest BCUT2D eigenvalue weighted by molar-refractivity contribution is 0.0946. The summed E-state index contributed by atoms with van der Waals surface area (Å²) in [6.07, 6.45) is 4.93. The van der Waals surface area contributed by atoms with Gasteiger partial charge in [0.25, 0.3) is 5.91 Å². The van der Waals surface area contributed by atoms with Crippen molar-refractivity contribution in [1.82, 2.24) is 20.3 Å². The number of nitrogens with zero attached hydrogens (tertiary/aromatic N) is 3. The first-order valence-corrected chi connectivity index (χ1v) is 8.00. The van der Waals surface area contributed by atoms with Gasteiger partial charge in [0.1, 0.15) is 5.69 Å². The Bertz CT molecular complexity index is 912. The van der Waals surface area contributed by atoms with E-state index in [1.807, 2.05) is 18.2 Å². The topological polar surface area (TPSA) is 77.0 Å². The van der Waals surface area contributed by atoms with E-state index in [1.165, 1.54) is 11.1 Å². The molecule has 25 heavy (non-hydrogen) atoms. The van der Waals surface area contributed by atoms with Crippen molar-refractivity contribution in [2.45, 2.75) is 19.8 Å². The normalized spacial score (nSPS) is 12.6. The zero-order valence-corrected chi connectivity index (χ0v) is 13.5. The third kappa shape index (κ3) is 3.39. The molecular formula is C19H16N4O2. The molecular weight excluding hydrogens is 316 g/mol. The van der Waals surface area contributed by atoms with Crippen LogP contribution in [0.2, 0.25) is 0 Å². The van der Waals surface area contributed by atoms with Crippen LogP contribution in [0.15, 0.2) is 55.0 Å². The van der Waals surface area contributed by atoms with Gasteiger partial charge in [0.05, 0.1) is 13.2 Å². The first kappa shape index (κ1) is 15.4. The Labute approximate surface area is 144 Å². The van der Waals surface area contributed by atoms with E-state index in [-0.39, 0.29) is 5.91 Å². The third-order valence-electron chi connectivity index (χ3n) is 4.05. The number of pyridine rings is 1. The summed E-state index contributed by atoms with van der Waals surface area (Å²) in [4.78, 5) is 25.0. The molecule has 124 valence electrons. The molecule has 3 aromatic rings. The summed E-state index contributed by atoms with van der Waals surface area (Å²) in [5, 5.41) is 2.90. The summed E-state index contributed by atoms with van der Waals surface area (Å²) in [5.41, 5.74) is 4.55. The molecule has 0 aliphatic carbocycles. The standard InChI is InChI=1S/C19H16N4O2/c24-19(22-9-13-3-4-15-11-25-12-16(15)8-13)17-5-7-21-18(23-17)14-2-1-6-20-10-14/h1-8,10H,9,11-12H2,(H,22,24). The van der Waals surface area contributed by atoms with E-state index in [0.29, 0.717) is 31.3 Å². The Balaban J connectivity index is 1.46. The smallest absolute Gasteiger partial charge is 0.270 e. The van der Waals surface area contributed by atoms with Crippen LogP contribution in [0, 0.1) is 0 Å². The molecule has 0 atom stereocenters. The molecule has 0 unspecified atom stereocenters. The number of carbonyl (C=O) groups is 1. The third-order valence-corrected chi connectivity index (χ3v) is 4.05. The second-order valence-electron chi connectivity index (χ2n) is 5.79. The van der Waals surface area contributed by atoms with E-state index in [2.05, 4.69) is 32.4 Å². The highest BCUT2D eigenvalue weighted by Crippen LogP contribution is 2.20. The number of benzene rings is 1. The fraction of sp³-hybridized carbons (Fsp3) is 0.158.